The average molecular weight is 216 g/mol. The molecule has 0 aliphatic heterocycles. The highest BCUT2D eigenvalue weighted by Crippen LogP contribution is 2.46. The second-order valence-corrected chi connectivity index (χ2v) is 11.0. The van der Waals surface area contributed by atoms with E-state index in [1.807, 2.05) is 0 Å². The lowest BCUT2D eigenvalue weighted by atomic mass is 9.87. The predicted molar refractivity (Wildman–Crippen MR) is 57.9 cm³/mol. The fourth-order valence-electron chi connectivity index (χ4n) is 2.07. The second kappa shape index (κ2) is 3.75. The number of carbonyl (C=O) groups is 1. The number of rotatable bonds is 3. The standard InChI is InChI=1S/C10H20O3Si/c1-14(2,3)8-4-9(13)10(5-8,6-11)7-12/h8,11-12H,4-7H2,1-3H3/t8-/m1/s1. The van der Waals surface area contributed by atoms with Gasteiger partial charge in [-0.15, -0.1) is 0 Å². The Morgan fingerprint density at radius 2 is 1.86 bits per heavy atom. The van der Waals surface area contributed by atoms with Crippen molar-refractivity contribution in [1.29, 1.82) is 0 Å². The second-order valence-electron chi connectivity index (χ2n) is 5.49. The van der Waals surface area contributed by atoms with Gasteiger partial charge in [-0.2, -0.15) is 0 Å². The van der Waals surface area contributed by atoms with Crippen molar-refractivity contribution in [3.8, 4) is 0 Å². The lowest BCUT2D eigenvalue weighted by Crippen LogP contribution is -2.34. The van der Waals surface area contributed by atoms with Gasteiger partial charge >= 0.3 is 0 Å². The molecule has 82 valence electrons. The molecule has 0 unspecified atom stereocenters. The molecule has 1 saturated carbocycles. The van der Waals surface area contributed by atoms with Gasteiger partial charge in [0.1, 0.15) is 5.78 Å². The molecule has 0 saturated heterocycles. The first-order valence-electron chi connectivity index (χ1n) is 5.11. The van der Waals surface area contributed by atoms with Crippen LogP contribution in [-0.4, -0.2) is 37.3 Å². The largest absolute Gasteiger partial charge is 0.395 e. The fraction of sp³-hybridized carbons (Fsp3) is 0.900. The summed E-state index contributed by atoms with van der Waals surface area (Å²) < 4.78 is 0. The molecule has 1 aliphatic carbocycles. The highest BCUT2D eigenvalue weighted by atomic mass is 28.3. The molecule has 3 nitrogen and oxygen atoms in total. The van der Waals surface area contributed by atoms with Crippen molar-refractivity contribution < 1.29 is 15.0 Å². The van der Waals surface area contributed by atoms with E-state index in [4.69, 9.17) is 0 Å². The summed E-state index contributed by atoms with van der Waals surface area (Å²) in [5, 5.41) is 18.4. The molecule has 1 rings (SSSR count). The van der Waals surface area contributed by atoms with Crippen LogP contribution >= 0.6 is 0 Å². The summed E-state index contributed by atoms with van der Waals surface area (Å²) >= 11 is 0. The van der Waals surface area contributed by atoms with Gasteiger partial charge in [-0.1, -0.05) is 19.6 Å². The van der Waals surface area contributed by atoms with Crippen LogP contribution in [0.1, 0.15) is 12.8 Å². The molecular weight excluding hydrogens is 196 g/mol. The van der Waals surface area contributed by atoms with E-state index in [-0.39, 0.29) is 19.0 Å². The van der Waals surface area contributed by atoms with E-state index in [1.165, 1.54) is 0 Å². The fourth-order valence-corrected chi connectivity index (χ4v) is 3.87. The van der Waals surface area contributed by atoms with Crippen molar-refractivity contribution in [2.24, 2.45) is 5.41 Å². The van der Waals surface area contributed by atoms with E-state index in [9.17, 15) is 15.0 Å². The molecule has 2 N–H and O–H groups in total. The molecule has 0 radical (unpaired) electrons. The van der Waals surface area contributed by atoms with E-state index in [1.54, 1.807) is 0 Å². The zero-order chi connectivity index (χ0) is 11.0. The first-order valence-corrected chi connectivity index (χ1v) is 8.68. The number of Topliss-reactive ketones (excluding diaryl/α,β-unsaturated/α-hetero) is 1. The molecule has 0 amide bonds. The molecule has 0 bridgehead atoms. The van der Waals surface area contributed by atoms with Gasteiger partial charge in [0.2, 0.25) is 0 Å². The van der Waals surface area contributed by atoms with Gasteiger partial charge in [-0.25, -0.2) is 0 Å². The maximum Gasteiger partial charge on any atom is 0.143 e. The van der Waals surface area contributed by atoms with Crippen LogP contribution in [0.25, 0.3) is 0 Å². The molecule has 14 heavy (non-hydrogen) atoms. The zero-order valence-corrected chi connectivity index (χ0v) is 10.2. The normalized spacial score (nSPS) is 26.9. The molecule has 0 heterocycles. The van der Waals surface area contributed by atoms with Crippen molar-refractivity contribution in [2.75, 3.05) is 13.2 Å². The van der Waals surface area contributed by atoms with Gasteiger partial charge in [0.25, 0.3) is 0 Å². The van der Waals surface area contributed by atoms with Gasteiger partial charge in [-0.3, -0.25) is 4.79 Å². The lowest BCUT2D eigenvalue weighted by molar-refractivity contribution is -0.130. The van der Waals surface area contributed by atoms with E-state index < -0.39 is 13.5 Å². The number of aliphatic hydroxyl groups excluding tert-OH is 2. The van der Waals surface area contributed by atoms with Crippen LogP contribution in [0.15, 0.2) is 0 Å². The monoisotopic (exact) mass is 216 g/mol. The van der Waals surface area contributed by atoms with Crippen LogP contribution in [0.5, 0.6) is 0 Å². The Balaban J connectivity index is 2.83. The molecule has 1 atom stereocenters. The quantitative estimate of drug-likeness (QED) is 0.693. The maximum absolute atomic E-state index is 11.7. The molecule has 0 aromatic heterocycles. The molecule has 0 spiro atoms. The van der Waals surface area contributed by atoms with E-state index in [0.29, 0.717) is 18.4 Å². The van der Waals surface area contributed by atoms with Crippen LogP contribution in [0.3, 0.4) is 0 Å². The van der Waals surface area contributed by atoms with Crippen molar-refractivity contribution in [3.05, 3.63) is 0 Å². The van der Waals surface area contributed by atoms with Gasteiger partial charge in [0.05, 0.1) is 18.6 Å². The summed E-state index contributed by atoms with van der Waals surface area (Å²) in [6.45, 7) is 6.29. The first kappa shape index (κ1) is 11.9. The molecule has 0 aromatic carbocycles. The lowest BCUT2D eigenvalue weighted by Gasteiger charge is -2.27. The molecule has 0 aromatic rings. The molecule has 1 aliphatic rings. The number of hydrogen-bond acceptors (Lipinski definition) is 3. The highest BCUT2D eigenvalue weighted by molar-refractivity contribution is 6.77. The first-order chi connectivity index (χ1) is 6.35. The summed E-state index contributed by atoms with van der Waals surface area (Å²) in [4.78, 5) is 11.7. The number of ketones is 1. The van der Waals surface area contributed by atoms with E-state index in [0.717, 1.165) is 0 Å². The topological polar surface area (TPSA) is 57.5 Å². The van der Waals surface area contributed by atoms with Gasteiger partial charge in [-0.05, 0) is 12.0 Å². The van der Waals surface area contributed by atoms with Crippen LogP contribution in [0.4, 0.5) is 0 Å². The van der Waals surface area contributed by atoms with Gasteiger partial charge < -0.3 is 10.2 Å². The Kier molecular flexibility index (Phi) is 3.19. The van der Waals surface area contributed by atoms with E-state index in [2.05, 4.69) is 19.6 Å². The molecule has 4 heteroatoms. The number of hydrogen-bond donors (Lipinski definition) is 2. The zero-order valence-electron chi connectivity index (χ0n) is 9.21. The summed E-state index contributed by atoms with van der Waals surface area (Å²) in [7, 11) is -1.33. The Bertz CT molecular complexity index is 228. The number of aliphatic hydroxyl groups is 2. The Morgan fingerprint density at radius 3 is 2.07 bits per heavy atom. The average Bonchev–Trinajstić information content (AvgIpc) is 2.43. The number of carbonyl (C=O) groups excluding carboxylic acids is 1. The summed E-state index contributed by atoms with van der Waals surface area (Å²) in [6.07, 6.45) is 1.23. The smallest absolute Gasteiger partial charge is 0.143 e. The highest BCUT2D eigenvalue weighted by Gasteiger charge is 2.49. The third kappa shape index (κ3) is 1.92. The van der Waals surface area contributed by atoms with Crippen molar-refractivity contribution >= 4 is 13.9 Å². The van der Waals surface area contributed by atoms with Gasteiger partial charge in [0, 0.05) is 14.5 Å². The SMILES string of the molecule is C[Si](C)(C)[C@@H]1CC(=O)C(CO)(CO)C1. The Hall–Kier alpha value is -0.193. The molecule has 1 fully saturated rings. The van der Waals surface area contributed by atoms with Crippen LogP contribution in [0.2, 0.25) is 25.2 Å². The Labute approximate surface area is 86.1 Å². The van der Waals surface area contributed by atoms with Crippen molar-refractivity contribution in [2.45, 2.75) is 38.0 Å². The molecular formula is C10H20O3Si. The van der Waals surface area contributed by atoms with Crippen molar-refractivity contribution in [3.63, 3.8) is 0 Å². The minimum atomic E-state index is -1.33. The minimum Gasteiger partial charge on any atom is -0.395 e. The summed E-state index contributed by atoms with van der Waals surface area (Å²) in [5.41, 5.74) is -0.417. The Morgan fingerprint density at radius 1 is 1.36 bits per heavy atom. The summed E-state index contributed by atoms with van der Waals surface area (Å²) in [5.74, 6) is 0.0509. The van der Waals surface area contributed by atoms with Gasteiger partial charge in [0.15, 0.2) is 0 Å². The summed E-state index contributed by atoms with van der Waals surface area (Å²) in [6, 6.07) is 0. The van der Waals surface area contributed by atoms with E-state index >= 15 is 0 Å². The van der Waals surface area contributed by atoms with Crippen molar-refractivity contribution in [1.82, 2.24) is 0 Å². The third-order valence-corrected chi connectivity index (χ3v) is 6.35. The minimum absolute atomic E-state index is 0.0509. The predicted octanol–water partition coefficient (Wildman–Crippen LogP) is 1.03. The maximum atomic E-state index is 11.7. The van der Waals surface area contributed by atoms with Crippen LogP contribution in [-0.2, 0) is 4.79 Å². The third-order valence-electron chi connectivity index (χ3n) is 3.49. The van der Waals surface area contributed by atoms with Crippen LogP contribution < -0.4 is 0 Å². The van der Waals surface area contributed by atoms with Crippen LogP contribution in [0, 0.1) is 5.41 Å².